The van der Waals surface area contributed by atoms with E-state index in [1.165, 1.54) is 32.7 Å². The second-order valence-electron chi connectivity index (χ2n) is 8.57. The van der Waals surface area contributed by atoms with Crippen LogP contribution in [0, 0.1) is 0 Å². The van der Waals surface area contributed by atoms with E-state index in [0.717, 1.165) is 12.8 Å². The van der Waals surface area contributed by atoms with Gasteiger partial charge in [0.1, 0.15) is 13.2 Å². The van der Waals surface area contributed by atoms with Gasteiger partial charge in [-0.15, -0.1) is 0 Å². The van der Waals surface area contributed by atoms with Crippen LogP contribution >= 0.6 is 0 Å². The van der Waals surface area contributed by atoms with Crippen molar-refractivity contribution in [2.45, 2.75) is 24.9 Å². The number of aliphatic imine (C=N–C) groups is 2. The van der Waals surface area contributed by atoms with Gasteiger partial charge in [-0.2, -0.15) is 0 Å². The molecule has 4 aromatic carbocycles. The number of hydrogen-bond acceptors (Lipinski definition) is 4. The first-order valence-electron chi connectivity index (χ1n) is 11.2. The molecule has 2 atom stereocenters. The zero-order valence-electron chi connectivity index (χ0n) is 17.8. The minimum Gasteiger partial charge on any atom is -0.472 e. The molecule has 2 heterocycles. The highest BCUT2D eigenvalue weighted by atomic mass is 16.5. The maximum atomic E-state index is 5.86. The largest absolute Gasteiger partial charge is 0.472 e. The molecule has 0 amide bonds. The van der Waals surface area contributed by atoms with Crippen LogP contribution in [0.4, 0.5) is 0 Å². The van der Waals surface area contributed by atoms with Gasteiger partial charge in [0.2, 0.25) is 0 Å². The predicted molar refractivity (Wildman–Crippen MR) is 130 cm³/mol. The van der Waals surface area contributed by atoms with Crippen LogP contribution in [0.2, 0.25) is 0 Å². The molecular formula is C28H24N2O2. The normalized spacial score (nSPS) is 20.1. The third-order valence-corrected chi connectivity index (χ3v) is 6.18. The molecule has 0 aromatic heterocycles. The molecule has 0 saturated carbocycles. The van der Waals surface area contributed by atoms with Crippen molar-refractivity contribution in [3.63, 3.8) is 0 Å². The maximum Gasteiger partial charge on any atom is 0.273 e. The minimum absolute atomic E-state index is 0.0944. The Kier molecular flexibility index (Phi) is 4.83. The molecule has 0 N–H and O–H groups in total. The highest BCUT2D eigenvalue weighted by Crippen LogP contribution is 2.22. The van der Waals surface area contributed by atoms with E-state index in [2.05, 4.69) is 84.9 Å². The number of benzene rings is 4. The van der Waals surface area contributed by atoms with Crippen molar-refractivity contribution in [2.75, 3.05) is 13.2 Å². The van der Waals surface area contributed by atoms with E-state index in [-0.39, 0.29) is 12.1 Å². The zero-order valence-corrected chi connectivity index (χ0v) is 17.8. The van der Waals surface area contributed by atoms with Gasteiger partial charge in [0, 0.05) is 0 Å². The molecule has 0 radical (unpaired) electrons. The van der Waals surface area contributed by atoms with Gasteiger partial charge >= 0.3 is 0 Å². The van der Waals surface area contributed by atoms with Crippen molar-refractivity contribution in [3.8, 4) is 0 Å². The van der Waals surface area contributed by atoms with Crippen LogP contribution in [0.25, 0.3) is 21.5 Å². The standard InChI is InChI=1S/C28H24N2O2/c1-3-7-23-13-19(9-11-21(23)5-1)15-25-17-31-27(29-25)28-30-26(18-32-28)16-20-10-12-22-6-2-4-8-24(22)14-20/h1-14,25-26H,15-18H2/t25-,26-/m0/s1. The first-order chi connectivity index (χ1) is 15.8. The van der Waals surface area contributed by atoms with Gasteiger partial charge in [-0.25, -0.2) is 9.98 Å². The summed E-state index contributed by atoms with van der Waals surface area (Å²) in [5.74, 6) is 1.11. The van der Waals surface area contributed by atoms with Crippen molar-refractivity contribution < 1.29 is 9.47 Å². The third-order valence-electron chi connectivity index (χ3n) is 6.18. The lowest BCUT2D eigenvalue weighted by molar-refractivity contribution is 0.293. The molecule has 0 saturated heterocycles. The van der Waals surface area contributed by atoms with Gasteiger partial charge in [0.25, 0.3) is 11.8 Å². The molecule has 0 bridgehead atoms. The van der Waals surface area contributed by atoms with Crippen molar-refractivity contribution in [1.82, 2.24) is 0 Å². The number of fused-ring (bicyclic) bond motifs is 2. The van der Waals surface area contributed by atoms with Crippen LogP contribution in [0.5, 0.6) is 0 Å². The van der Waals surface area contributed by atoms with Gasteiger partial charge in [0.15, 0.2) is 0 Å². The number of rotatable bonds is 5. The SMILES string of the molecule is c1ccc2cc(C[C@H]3COC(C4=N[C@@H](Cc5ccc6ccccc6c5)CO4)=N3)ccc2c1. The molecule has 2 aliphatic heterocycles. The molecule has 158 valence electrons. The third kappa shape index (κ3) is 3.84. The summed E-state index contributed by atoms with van der Waals surface area (Å²) in [6, 6.07) is 30.2. The maximum absolute atomic E-state index is 5.86. The summed E-state index contributed by atoms with van der Waals surface area (Å²) in [6.07, 6.45) is 1.70. The van der Waals surface area contributed by atoms with Crippen molar-refractivity contribution in [3.05, 3.63) is 96.1 Å². The van der Waals surface area contributed by atoms with Gasteiger partial charge < -0.3 is 9.47 Å². The molecule has 32 heavy (non-hydrogen) atoms. The number of ether oxygens (including phenoxy) is 2. The molecule has 0 aliphatic carbocycles. The number of hydrogen-bond donors (Lipinski definition) is 0. The van der Waals surface area contributed by atoms with Crippen LogP contribution in [0.3, 0.4) is 0 Å². The molecule has 0 fully saturated rings. The van der Waals surface area contributed by atoms with E-state index >= 15 is 0 Å². The summed E-state index contributed by atoms with van der Waals surface area (Å²) in [5, 5.41) is 5.03. The fraction of sp³-hybridized carbons (Fsp3) is 0.214. The molecule has 4 heteroatoms. The Bertz CT molecular complexity index is 1250. The fourth-order valence-corrected chi connectivity index (χ4v) is 4.55. The Morgan fingerprint density at radius 3 is 1.47 bits per heavy atom. The highest BCUT2D eigenvalue weighted by molar-refractivity contribution is 6.36. The Morgan fingerprint density at radius 1 is 0.562 bits per heavy atom. The van der Waals surface area contributed by atoms with E-state index in [0.29, 0.717) is 25.0 Å². The van der Waals surface area contributed by atoms with Gasteiger partial charge in [-0.05, 0) is 45.5 Å². The van der Waals surface area contributed by atoms with Crippen molar-refractivity contribution in [2.24, 2.45) is 9.98 Å². The van der Waals surface area contributed by atoms with Crippen LogP contribution in [-0.4, -0.2) is 37.1 Å². The summed E-state index contributed by atoms with van der Waals surface area (Å²) in [4.78, 5) is 9.53. The molecule has 4 nitrogen and oxygen atoms in total. The van der Waals surface area contributed by atoms with Crippen LogP contribution in [0.1, 0.15) is 11.1 Å². The van der Waals surface area contributed by atoms with E-state index in [1.807, 2.05) is 0 Å². The topological polar surface area (TPSA) is 43.2 Å². The first-order valence-corrected chi connectivity index (χ1v) is 11.2. The molecule has 6 rings (SSSR count). The van der Waals surface area contributed by atoms with Gasteiger partial charge in [-0.1, -0.05) is 84.9 Å². The second kappa shape index (κ2) is 8.12. The zero-order chi connectivity index (χ0) is 21.3. The lowest BCUT2D eigenvalue weighted by Gasteiger charge is -2.06. The smallest absolute Gasteiger partial charge is 0.273 e. The highest BCUT2D eigenvalue weighted by Gasteiger charge is 2.29. The molecule has 4 aromatic rings. The Balaban J connectivity index is 1.13. The van der Waals surface area contributed by atoms with Gasteiger partial charge in [-0.3, -0.25) is 0 Å². The van der Waals surface area contributed by atoms with Crippen molar-refractivity contribution in [1.29, 1.82) is 0 Å². The Morgan fingerprint density at radius 2 is 1.00 bits per heavy atom. The predicted octanol–water partition coefficient (Wildman–Crippen LogP) is 5.37. The van der Waals surface area contributed by atoms with E-state index in [1.54, 1.807) is 0 Å². The minimum atomic E-state index is 0.0944. The van der Waals surface area contributed by atoms with Crippen molar-refractivity contribution >= 4 is 33.3 Å². The lowest BCUT2D eigenvalue weighted by Crippen LogP contribution is -2.14. The molecular weight excluding hydrogens is 396 g/mol. The average Bonchev–Trinajstić information content (AvgIpc) is 3.48. The monoisotopic (exact) mass is 420 g/mol. The number of nitrogens with zero attached hydrogens (tertiary/aromatic N) is 2. The second-order valence-corrected chi connectivity index (χ2v) is 8.57. The van der Waals surface area contributed by atoms with E-state index in [4.69, 9.17) is 19.5 Å². The fourth-order valence-electron chi connectivity index (χ4n) is 4.55. The Hall–Kier alpha value is -3.66. The summed E-state index contributed by atoms with van der Waals surface area (Å²) in [6.45, 7) is 1.14. The summed E-state index contributed by atoms with van der Waals surface area (Å²) in [7, 11) is 0. The molecule has 2 aliphatic rings. The molecule has 0 unspecified atom stereocenters. The Labute approximate surface area is 187 Å². The van der Waals surface area contributed by atoms with E-state index in [9.17, 15) is 0 Å². The van der Waals surface area contributed by atoms with Crippen LogP contribution < -0.4 is 0 Å². The first kappa shape index (κ1) is 19.1. The van der Waals surface area contributed by atoms with Gasteiger partial charge in [0.05, 0.1) is 12.1 Å². The molecule has 0 spiro atoms. The summed E-state index contributed by atoms with van der Waals surface area (Å²) < 4.78 is 11.7. The average molecular weight is 421 g/mol. The quantitative estimate of drug-likeness (QED) is 0.435. The van der Waals surface area contributed by atoms with Crippen LogP contribution in [0.15, 0.2) is 94.9 Å². The van der Waals surface area contributed by atoms with Crippen LogP contribution in [-0.2, 0) is 22.3 Å². The lowest BCUT2D eigenvalue weighted by atomic mass is 10.0. The summed E-state index contributed by atoms with van der Waals surface area (Å²) in [5.41, 5.74) is 2.54. The van der Waals surface area contributed by atoms with E-state index < -0.39 is 0 Å². The summed E-state index contributed by atoms with van der Waals surface area (Å²) >= 11 is 0.